The summed E-state index contributed by atoms with van der Waals surface area (Å²) in [5.41, 5.74) is 2.09. The van der Waals surface area contributed by atoms with Crippen LogP contribution in [0.2, 0.25) is 0 Å². The average molecular weight is 229 g/mol. The summed E-state index contributed by atoms with van der Waals surface area (Å²) in [5.74, 6) is 0.758. The molecule has 17 heavy (non-hydrogen) atoms. The molecule has 0 spiro atoms. The van der Waals surface area contributed by atoms with Gasteiger partial charge in [0.1, 0.15) is 0 Å². The second-order valence-corrected chi connectivity index (χ2v) is 4.48. The minimum absolute atomic E-state index is 0.699. The molecule has 5 nitrogen and oxygen atoms in total. The van der Waals surface area contributed by atoms with E-state index in [0.29, 0.717) is 6.04 Å². The lowest BCUT2D eigenvalue weighted by Gasteiger charge is -2.03. The van der Waals surface area contributed by atoms with Crippen molar-refractivity contribution in [3.05, 3.63) is 36.0 Å². The molecule has 1 aliphatic rings. The zero-order valence-electron chi connectivity index (χ0n) is 9.80. The lowest BCUT2D eigenvalue weighted by molar-refractivity contribution is 0.669. The fraction of sp³-hybridized carbons (Fsp3) is 0.417. The molecule has 0 radical (unpaired) electrons. The van der Waals surface area contributed by atoms with Gasteiger partial charge in [-0.25, -0.2) is 9.67 Å². The van der Waals surface area contributed by atoms with Crippen molar-refractivity contribution < 1.29 is 0 Å². The molecular weight excluding hydrogens is 214 g/mol. The highest BCUT2D eigenvalue weighted by Crippen LogP contribution is 2.18. The van der Waals surface area contributed by atoms with Crippen LogP contribution in [0, 0.1) is 6.92 Å². The van der Waals surface area contributed by atoms with Gasteiger partial charge in [-0.15, -0.1) is 0 Å². The third-order valence-corrected chi connectivity index (χ3v) is 2.79. The van der Waals surface area contributed by atoms with Crippen LogP contribution in [-0.4, -0.2) is 25.8 Å². The molecule has 1 fully saturated rings. The summed E-state index contributed by atoms with van der Waals surface area (Å²) >= 11 is 0. The quantitative estimate of drug-likeness (QED) is 0.856. The zero-order chi connectivity index (χ0) is 11.7. The molecule has 2 aromatic heterocycles. The molecule has 2 aromatic rings. The smallest absolute Gasteiger partial charge is 0.171 e. The van der Waals surface area contributed by atoms with E-state index in [0.717, 1.165) is 23.6 Å². The summed E-state index contributed by atoms with van der Waals surface area (Å²) < 4.78 is 1.74. The van der Waals surface area contributed by atoms with Gasteiger partial charge in [-0.3, -0.25) is 4.98 Å². The van der Waals surface area contributed by atoms with E-state index in [2.05, 4.69) is 20.4 Å². The van der Waals surface area contributed by atoms with Crippen molar-refractivity contribution in [2.45, 2.75) is 32.4 Å². The molecule has 0 atom stereocenters. The number of hydrogen-bond donors (Lipinski definition) is 1. The SMILES string of the molecule is Cc1cnn(-c2cnc(CNC3CC3)cn2)c1. The Morgan fingerprint density at radius 2 is 2.18 bits per heavy atom. The molecule has 1 saturated carbocycles. The van der Waals surface area contributed by atoms with Gasteiger partial charge in [0.05, 0.1) is 24.3 Å². The van der Waals surface area contributed by atoms with Crippen molar-refractivity contribution in [1.82, 2.24) is 25.1 Å². The van der Waals surface area contributed by atoms with Crippen molar-refractivity contribution >= 4 is 0 Å². The maximum atomic E-state index is 4.38. The number of nitrogens with zero attached hydrogens (tertiary/aromatic N) is 4. The van der Waals surface area contributed by atoms with Gasteiger partial charge in [0.15, 0.2) is 5.82 Å². The third kappa shape index (κ3) is 2.50. The molecule has 0 bridgehead atoms. The molecule has 88 valence electrons. The molecule has 3 rings (SSSR count). The highest BCUT2D eigenvalue weighted by atomic mass is 15.3. The van der Waals surface area contributed by atoms with Crippen LogP contribution in [-0.2, 0) is 6.54 Å². The molecule has 5 heteroatoms. The zero-order valence-corrected chi connectivity index (χ0v) is 9.80. The van der Waals surface area contributed by atoms with E-state index in [1.54, 1.807) is 10.9 Å². The van der Waals surface area contributed by atoms with E-state index in [9.17, 15) is 0 Å². The van der Waals surface area contributed by atoms with E-state index < -0.39 is 0 Å². The lowest BCUT2D eigenvalue weighted by Crippen LogP contribution is -2.16. The first-order valence-electron chi connectivity index (χ1n) is 5.87. The highest BCUT2D eigenvalue weighted by Gasteiger charge is 2.20. The Balaban J connectivity index is 1.70. The third-order valence-electron chi connectivity index (χ3n) is 2.79. The summed E-state index contributed by atoms with van der Waals surface area (Å²) in [6, 6.07) is 0.699. The van der Waals surface area contributed by atoms with Gasteiger partial charge in [0.25, 0.3) is 0 Å². The number of nitrogens with one attached hydrogen (secondary N) is 1. The summed E-state index contributed by atoms with van der Waals surface area (Å²) in [5, 5.41) is 7.61. The fourth-order valence-electron chi connectivity index (χ4n) is 1.63. The highest BCUT2D eigenvalue weighted by molar-refractivity contribution is 5.19. The van der Waals surface area contributed by atoms with E-state index in [1.807, 2.05) is 25.5 Å². The van der Waals surface area contributed by atoms with Gasteiger partial charge in [-0.05, 0) is 25.3 Å². The van der Waals surface area contributed by atoms with Crippen LogP contribution in [0.15, 0.2) is 24.8 Å². The molecule has 0 amide bonds. The van der Waals surface area contributed by atoms with Crippen molar-refractivity contribution in [1.29, 1.82) is 0 Å². The van der Waals surface area contributed by atoms with E-state index in [4.69, 9.17) is 0 Å². The van der Waals surface area contributed by atoms with E-state index in [-0.39, 0.29) is 0 Å². The normalized spacial score (nSPS) is 15.1. The minimum atomic E-state index is 0.699. The number of aromatic nitrogens is 4. The van der Waals surface area contributed by atoms with Gasteiger partial charge < -0.3 is 5.32 Å². The van der Waals surface area contributed by atoms with Crippen LogP contribution in [0.4, 0.5) is 0 Å². The Morgan fingerprint density at radius 3 is 2.76 bits per heavy atom. The van der Waals surface area contributed by atoms with Crippen LogP contribution >= 0.6 is 0 Å². The Morgan fingerprint density at radius 1 is 1.29 bits per heavy atom. The summed E-state index contributed by atoms with van der Waals surface area (Å²) in [6.45, 7) is 2.81. The molecule has 0 saturated heterocycles. The van der Waals surface area contributed by atoms with Crippen LogP contribution in [0.5, 0.6) is 0 Å². The first-order chi connectivity index (χ1) is 8.31. The van der Waals surface area contributed by atoms with Crippen molar-refractivity contribution in [2.75, 3.05) is 0 Å². The van der Waals surface area contributed by atoms with Gasteiger partial charge in [0.2, 0.25) is 0 Å². The fourth-order valence-corrected chi connectivity index (χ4v) is 1.63. The molecule has 0 aliphatic heterocycles. The van der Waals surface area contributed by atoms with Gasteiger partial charge >= 0.3 is 0 Å². The van der Waals surface area contributed by atoms with Crippen molar-refractivity contribution in [3.63, 3.8) is 0 Å². The van der Waals surface area contributed by atoms with Crippen LogP contribution in [0.1, 0.15) is 24.1 Å². The van der Waals surface area contributed by atoms with E-state index >= 15 is 0 Å². The Kier molecular flexibility index (Phi) is 2.60. The number of aryl methyl sites for hydroxylation is 1. The summed E-state index contributed by atoms with van der Waals surface area (Å²) in [6.07, 6.45) is 9.89. The summed E-state index contributed by atoms with van der Waals surface area (Å²) in [7, 11) is 0. The molecule has 0 unspecified atom stereocenters. The van der Waals surface area contributed by atoms with Crippen molar-refractivity contribution in [3.8, 4) is 5.82 Å². The monoisotopic (exact) mass is 229 g/mol. The van der Waals surface area contributed by atoms with Gasteiger partial charge in [-0.1, -0.05) is 0 Å². The van der Waals surface area contributed by atoms with Crippen LogP contribution in [0.3, 0.4) is 0 Å². The molecular formula is C12H15N5. The van der Waals surface area contributed by atoms with Gasteiger partial charge in [0, 0.05) is 18.8 Å². The van der Waals surface area contributed by atoms with Crippen LogP contribution < -0.4 is 5.32 Å². The predicted octanol–water partition coefficient (Wildman–Crippen LogP) is 1.22. The Hall–Kier alpha value is -1.75. The van der Waals surface area contributed by atoms with Crippen molar-refractivity contribution in [2.24, 2.45) is 0 Å². The maximum Gasteiger partial charge on any atom is 0.171 e. The molecule has 1 N–H and O–H groups in total. The Bertz CT molecular complexity index is 498. The Labute approximate surface area is 99.9 Å². The topological polar surface area (TPSA) is 55.6 Å². The second kappa shape index (κ2) is 4.25. The van der Waals surface area contributed by atoms with E-state index in [1.165, 1.54) is 12.8 Å². The number of hydrogen-bond acceptors (Lipinski definition) is 4. The van der Waals surface area contributed by atoms with Crippen LogP contribution in [0.25, 0.3) is 5.82 Å². The average Bonchev–Trinajstić information content (AvgIpc) is 3.09. The first-order valence-corrected chi connectivity index (χ1v) is 5.87. The largest absolute Gasteiger partial charge is 0.308 e. The van der Waals surface area contributed by atoms with Gasteiger partial charge in [-0.2, -0.15) is 5.10 Å². The molecule has 0 aromatic carbocycles. The first kappa shape index (κ1) is 10.4. The predicted molar refractivity (Wildman–Crippen MR) is 63.8 cm³/mol. The lowest BCUT2D eigenvalue weighted by atomic mass is 10.4. The molecule has 1 aliphatic carbocycles. The second-order valence-electron chi connectivity index (χ2n) is 4.48. The maximum absolute atomic E-state index is 4.38. The molecule has 2 heterocycles. The standard InChI is InChI=1S/C12H15N5/c1-9-4-16-17(8-9)12-7-14-11(6-15-12)5-13-10-2-3-10/h4,6-8,10,13H,2-3,5H2,1H3. The summed E-state index contributed by atoms with van der Waals surface area (Å²) in [4.78, 5) is 8.74. The minimum Gasteiger partial charge on any atom is -0.308 e. The number of rotatable bonds is 4.